The van der Waals surface area contributed by atoms with Gasteiger partial charge in [0.15, 0.2) is 12.6 Å². The van der Waals surface area contributed by atoms with Crippen molar-refractivity contribution in [3.05, 3.63) is 0 Å². The number of nitrogens with two attached hydrogens (primary N) is 1. The van der Waals surface area contributed by atoms with Gasteiger partial charge in [0.05, 0.1) is 13.7 Å². The van der Waals surface area contributed by atoms with Crippen LogP contribution in [0.25, 0.3) is 0 Å². The smallest absolute Gasteiger partial charge is 0.339 e. The van der Waals surface area contributed by atoms with Crippen LogP contribution < -0.4 is 5.73 Å². The molecule has 2 atom stereocenters. The number of rotatable bonds is 11. The molecule has 2 amide bonds. The second-order valence-corrected chi connectivity index (χ2v) is 10.4. The Morgan fingerprint density at radius 1 is 0.967 bits per heavy atom. The van der Waals surface area contributed by atoms with E-state index in [4.69, 9.17) is 34.3 Å². The molecule has 0 aromatic heterocycles. The highest BCUT2D eigenvalue weighted by molar-refractivity contribution is 8.31. The minimum absolute atomic E-state index is 0.153. The summed E-state index contributed by atoms with van der Waals surface area (Å²) in [5.41, 5.74) is 5.05. The van der Waals surface area contributed by atoms with Crippen LogP contribution in [0.5, 0.6) is 0 Å². The second-order valence-electron chi connectivity index (χ2n) is 6.65. The Balaban J connectivity index is -0.000000383. The summed E-state index contributed by atoms with van der Waals surface area (Å²) in [5, 5.41) is 0.984. The minimum Gasteiger partial charge on any atom is -0.384 e. The summed E-state index contributed by atoms with van der Waals surface area (Å²) in [4.78, 5) is 25.1. The largest absolute Gasteiger partial charge is 0.384 e. The molecule has 2 unspecified atom stereocenters. The summed E-state index contributed by atoms with van der Waals surface area (Å²) in [6.07, 6.45) is 6.59. The predicted molar refractivity (Wildman–Crippen MR) is 118 cm³/mol. The van der Waals surface area contributed by atoms with E-state index in [0.29, 0.717) is 6.61 Å². The first-order valence-electron chi connectivity index (χ1n) is 8.90. The van der Waals surface area contributed by atoms with Crippen LogP contribution in [0, 0.1) is 5.92 Å². The summed E-state index contributed by atoms with van der Waals surface area (Å²) < 4.78 is 28.4. The first kappa shape index (κ1) is 33.4. The van der Waals surface area contributed by atoms with E-state index in [1.807, 2.05) is 25.7 Å². The molecule has 0 saturated carbocycles. The van der Waals surface area contributed by atoms with E-state index in [2.05, 4.69) is 4.40 Å². The predicted octanol–water partition coefficient (Wildman–Crippen LogP) is 1.75. The van der Waals surface area contributed by atoms with Crippen molar-refractivity contribution >= 4 is 22.3 Å². The maximum absolute atomic E-state index is 10.8. The third-order valence-electron chi connectivity index (χ3n) is 3.31. The molecule has 11 nitrogen and oxygen atoms in total. The molecule has 0 heterocycles. The summed E-state index contributed by atoms with van der Waals surface area (Å²) in [6, 6.07) is -1.09. The lowest BCUT2D eigenvalue weighted by Crippen LogP contribution is -2.48. The van der Waals surface area contributed by atoms with Gasteiger partial charge in [0.25, 0.3) is 0 Å². The van der Waals surface area contributed by atoms with Gasteiger partial charge in [0.1, 0.15) is 6.04 Å². The molecular formula is C18H41N3O8S. The van der Waals surface area contributed by atoms with E-state index < -0.39 is 28.6 Å². The number of urea groups is 1. The Bertz CT molecular complexity index is 465. The fraction of sp³-hybridized carbons (Fsp3) is 0.889. The van der Waals surface area contributed by atoms with Gasteiger partial charge in [0, 0.05) is 41.5 Å². The Kier molecular flexibility index (Phi) is 21.9. The van der Waals surface area contributed by atoms with Gasteiger partial charge in [-0.15, -0.1) is 10.2 Å². The number of ether oxygens (including phenoxy) is 5. The minimum atomic E-state index is -0.973. The average Bonchev–Trinajstić information content (AvgIpc) is 2.64. The van der Waals surface area contributed by atoms with Gasteiger partial charge >= 0.3 is 6.03 Å². The topological polar surface area (TPSA) is 131 Å². The summed E-state index contributed by atoms with van der Waals surface area (Å²) in [7, 11) is 8.24. The first-order valence-corrected chi connectivity index (χ1v) is 11.7. The number of nitrogens with zero attached hydrogens (tertiary/aromatic N) is 2. The number of primary amides is 1. The Labute approximate surface area is 182 Å². The van der Waals surface area contributed by atoms with Crippen molar-refractivity contribution in [3.8, 4) is 0 Å². The average molecular weight is 460 g/mol. The molecule has 0 aromatic carbocycles. The molecule has 0 aliphatic rings. The van der Waals surface area contributed by atoms with Crippen LogP contribution in [0.4, 0.5) is 4.79 Å². The maximum Gasteiger partial charge on any atom is 0.339 e. The van der Waals surface area contributed by atoms with E-state index in [-0.39, 0.29) is 12.2 Å². The number of carbonyl (C=O) groups is 1. The highest BCUT2D eigenvalue weighted by atomic mass is 32.3. The van der Waals surface area contributed by atoms with E-state index in [9.17, 15) is 9.59 Å². The first-order chi connectivity index (χ1) is 13.9. The number of methoxy groups -OCH3 is 5. The van der Waals surface area contributed by atoms with Gasteiger partial charge in [-0.25, -0.2) is 9.59 Å². The van der Waals surface area contributed by atoms with Crippen molar-refractivity contribution in [2.24, 2.45) is 16.0 Å². The van der Waals surface area contributed by atoms with E-state index in [0.717, 1.165) is 5.06 Å². The van der Waals surface area contributed by atoms with Crippen molar-refractivity contribution in [3.63, 3.8) is 0 Å². The Hall–Kier alpha value is -1.24. The quantitative estimate of drug-likeness (QED) is 0.214. The van der Waals surface area contributed by atoms with Gasteiger partial charge in [0.2, 0.25) is 6.08 Å². The van der Waals surface area contributed by atoms with Crippen LogP contribution in [0.2, 0.25) is 0 Å². The van der Waals surface area contributed by atoms with Crippen LogP contribution in [-0.2, 0) is 33.3 Å². The molecule has 0 radical (unpaired) electrons. The van der Waals surface area contributed by atoms with Crippen molar-refractivity contribution in [2.75, 3.05) is 68.0 Å². The molecule has 0 fully saturated rings. The normalized spacial score (nSPS) is 13.2. The van der Waals surface area contributed by atoms with Gasteiger partial charge < -0.3 is 29.4 Å². The summed E-state index contributed by atoms with van der Waals surface area (Å²) >= 11 is 0. The fourth-order valence-corrected chi connectivity index (χ4v) is 2.30. The van der Waals surface area contributed by atoms with E-state index in [1.54, 1.807) is 28.3 Å². The number of carbonyl (C=O) groups excluding carboxylic acids is 2. The van der Waals surface area contributed by atoms with Crippen LogP contribution in [0.3, 0.4) is 0 Å². The second kappa shape index (κ2) is 19.7. The zero-order chi connectivity index (χ0) is 24.3. The molecule has 0 rings (SSSR count). The van der Waals surface area contributed by atoms with E-state index in [1.165, 1.54) is 27.4 Å². The zero-order valence-electron chi connectivity index (χ0n) is 20.2. The third kappa shape index (κ3) is 17.6. The van der Waals surface area contributed by atoms with Crippen LogP contribution in [-0.4, -0.2) is 104 Å². The number of hydroxylamine groups is 2. The monoisotopic (exact) mass is 459 g/mol. The van der Waals surface area contributed by atoms with E-state index >= 15 is 0 Å². The molecule has 0 spiro atoms. The molecule has 0 aliphatic heterocycles. The molecule has 0 aromatic rings. The maximum atomic E-state index is 10.8. The number of hydrogen-bond acceptors (Lipinski definition) is 9. The van der Waals surface area contributed by atoms with Gasteiger partial charge in [-0.3, -0.25) is 4.84 Å². The lowest BCUT2D eigenvalue weighted by molar-refractivity contribution is -0.202. The van der Waals surface area contributed by atoms with Crippen molar-refractivity contribution in [1.29, 1.82) is 0 Å². The van der Waals surface area contributed by atoms with Crippen molar-refractivity contribution in [2.45, 2.75) is 32.5 Å². The molecule has 30 heavy (non-hydrogen) atoms. The highest BCUT2D eigenvalue weighted by Gasteiger charge is 2.26. The lowest BCUT2D eigenvalue weighted by Gasteiger charge is -2.29. The molecule has 0 aliphatic carbocycles. The Morgan fingerprint density at radius 2 is 1.40 bits per heavy atom. The zero-order valence-corrected chi connectivity index (χ0v) is 21.0. The number of amides is 2. The molecule has 0 bridgehead atoms. The van der Waals surface area contributed by atoms with Crippen molar-refractivity contribution < 1.29 is 38.1 Å². The van der Waals surface area contributed by atoms with Gasteiger partial charge in [-0.05, 0) is 25.7 Å². The van der Waals surface area contributed by atoms with Gasteiger partial charge in [-0.1, -0.05) is 6.92 Å². The summed E-state index contributed by atoms with van der Waals surface area (Å²) in [6.45, 7) is 4.37. The molecule has 182 valence electrons. The van der Waals surface area contributed by atoms with Crippen LogP contribution >= 0.6 is 10.2 Å². The number of hydrogen-bond donors (Lipinski definition) is 1. The number of isocyanates is 1. The molecular weight excluding hydrogens is 418 g/mol. The standard InChI is InChI=1S/C7H16N2O4.C7H16O3.C4H9NOS/c1-5(6(11-2)12-3)9(13-4)7(8)10;1-6(5-8-2)7(9-3)10-4;1-7(2,3)5-4-6/h5-6H,1-4H3,(H2,8,10);6-7H,5H2,1-4H3;1-3H3. The van der Waals surface area contributed by atoms with Crippen LogP contribution in [0.15, 0.2) is 4.40 Å². The molecule has 12 heteroatoms. The molecule has 2 N–H and O–H groups in total. The molecule has 0 saturated heterocycles. The fourth-order valence-electron chi connectivity index (χ4n) is 2.07. The van der Waals surface area contributed by atoms with Crippen LogP contribution in [0.1, 0.15) is 13.8 Å². The van der Waals surface area contributed by atoms with Crippen molar-refractivity contribution in [1.82, 2.24) is 5.06 Å². The third-order valence-corrected chi connectivity index (χ3v) is 3.93. The Morgan fingerprint density at radius 3 is 1.60 bits per heavy atom. The summed E-state index contributed by atoms with van der Waals surface area (Å²) in [5.74, 6) is 0.278. The SMILES string of the molecule is COC(OC)C(C)N(OC)C(N)=O.COCC(C)C(OC)OC.CS(C)(C)N=C=O. The van der Waals surface area contributed by atoms with Gasteiger partial charge in [-0.2, -0.15) is 9.46 Å². The lowest BCUT2D eigenvalue weighted by atomic mass is 10.2. The highest BCUT2D eigenvalue weighted by Crippen LogP contribution is 2.34.